The van der Waals surface area contributed by atoms with Gasteiger partial charge in [-0.1, -0.05) is 6.92 Å². The van der Waals surface area contributed by atoms with Crippen molar-refractivity contribution < 1.29 is 4.74 Å². The average molecular weight is 212 g/mol. The number of likely N-dealkylation sites (N-methyl/N-ethyl adjacent to an activating group) is 1. The summed E-state index contributed by atoms with van der Waals surface area (Å²) < 4.78 is 5.74. The zero-order chi connectivity index (χ0) is 10.7. The second-order valence-corrected chi connectivity index (χ2v) is 4.90. The van der Waals surface area contributed by atoms with Crippen molar-refractivity contribution in [1.29, 1.82) is 0 Å². The highest BCUT2D eigenvalue weighted by molar-refractivity contribution is 4.84. The van der Waals surface area contributed by atoms with E-state index in [1.807, 2.05) is 0 Å². The summed E-state index contributed by atoms with van der Waals surface area (Å²) in [5.41, 5.74) is 0. The second kappa shape index (κ2) is 5.28. The average Bonchev–Trinajstić information content (AvgIpc) is 2.87. The highest BCUT2D eigenvalue weighted by Crippen LogP contribution is 2.25. The zero-order valence-corrected chi connectivity index (χ0v) is 10.0. The van der Waals surface area contributed by atoms with Crippen molar-refractivity contribution in [3.8, 4) is 0 Å². The molecular weight excluding hydrogens is 188 g/mol. The zero-order valence-electron chi connectivity index (χ0n) is 10.0. The van der Waals surface area contributed by atoms with E-state index in [2.05, 4.69) is 24.2 Å². The van der Waals surface area contributed by atoms with Crippen LogP contribution in [0.1, 0.15) is 26.2 Å². The van der Waals surface area contributed by atoms with Crippen LogP contribution >= 0.6 is 0 Å². The lowest BCUT2D eigenvalue weighted by molar-refractivity contribution is 0.0781. The molecule has 0 aliphatic carbocycles. The van der Waals surface area contributed by atoms with Crippen LogP contribution in [0.15, 0.2) is 0 Å². The van der Waals surface area contributed by atoms with Crippen LogP contribution in [-0.4, -0.2) is 50.3 Å². The normalized spacial score (nSPS) is 37.6. The quantitative estimate of drug-likeness (QED) is 0.755. The fourth-order valence-electron chi connectivity index (χ4n) is 2.92. The molecule has 0 saturated carbocycles. The summed E-state index contributed by atoms with van der Waals surface area (Å²) in [6.45, 7) is 6.95. The van der Waals surface area contributed by atoms with Crippen LogP contribution in [0.5, 0.6) is 0 Å². The molecule has 2 aliphatic rings. The summed E-state index contributed by atoms with van der Waals surface area (Å²) in [6, 6.07) is 0.715. The first kappa shape index (κ1) is 11.4. The third-order valence-corrected chi connectivity index (χ3v) is 3.92. The fraction of sp³-hybridized carbons (Fsp3) is 1.00. The van der Waals surface area contributed by atoms with Crippen LogP contribution in [0.4, 0.5) is 0 Å². The van der Waals surface area contributed by atoms with E-state index in [0.717, 1.165) is 12.5 Å². The van der Waals surface area contributed by atoms with Crippen LogP contribution in [0.2, 0.25) is 0 Å². The SMILES string of the molecule is CCC1OCCC1CN1CCC(NC)C1. The minimum absolute atomic E-state index is 0.527. The van der Waals surface area contributed by atoms with Gasteiger partial charge in [0.15, 0.2) is 0 Å². The molecule has 2 aliphatic heterocycles. The van der Waals surface area contributed by atoms with Crippen LogP contribution in [0.3, 0.4) is 0 Å². The minimum Gasteiger partial charge on any atom is -0.378 e. The molecule has 0 amide bonds. The summed E-state index contributed by atoms with van der Waals surface area (Å²) in [6.07, 6.45) is 4.27. The van der Waals surface area contributed by atoms with Gasteiger partial charge in [0.05, 0.1) is 6.10 Å². The van der Waals surface area contributed by atoms with Gasteiger partial charge in [0, 0.05) is 25.7 Å². The molecule has 2 rings (SSSR count). The fourth-order valence-corrected chi connectivity index (χ4v) is 2.92. The molecular formula is C12H24N2O. The molecule has 0 radical (unpaired) electrons. The molecule has 2 fully saturated rings. The van der Waals surface area contributed by atoms with Gasteiger partial charge >= 0.3 is 0 Å². The van der Waals surface area contributed by atoms with Crippen molar-refractivity contribution in [2.75, 3.05) is 33.3 Å². The summed E-state index contributed by atoms with van der Waals surface area (Å²) >= 11 is 0. The third kappa shape index (κ3) is 2.71. The van der Waals surface area contributed by atoms with E-state index in [-0.39, 0.29) is 0 Å². The lowest BCUT2D eigenvalue weighted by atomic mass is 9.99. The molecule has 88 valence electrons. The molecule has 1 N–H and O–H groups in total. The Balaban J connectivity index is 1.77. The van der Waals surface area contributed by atoms with E-state index < -0.39 is 0 Å². The number of hydrogen-bond acceptors (Lipinski definition) is 3. The molecule has 15 heavy (non-hydrogen) atoms. The van der Waals surface area contributed by atoms with E-state index >= 15 is 0 Å². The lowest BCUT2D eigenvalue weighted by Gasteiger charge is -2.23. The Morgan fingerprint density at radius 3 is 2.93 bits per heavy atom. The van der Waals surface area contributed by atoms with E-state index in [1.165, 1.54) is 38.9 Å². The molecule has 2 saturated heterocycles. The van der Waals surface area contributed by atoms with E-state index in [1.54, 1.807) is 0 Å². The predicted molar refractivity (Wildman–Crippen MR) is 62.0 cm³/mol. The molecule has 3 atom stereocenters. The first-order valence-electron chi connectivity index (χ1n) is 6.34. The maximum absolute atomic E-state index is 5.74. The van der Waals surface area contributed by atoms with Crippen molar-refractivity contribution in [3.05, 3.63) is 0 Å². The maximum atomic E-state index is 5.74. The Kier molecular flexibility index (Phi) is 4.00. The van der Waals surface area contributed by atoms with Crippen molar-refractivity contribution in [2.45, 2.75) is 38.3 Å². The lowest BCUT2D eigenvalue weighted by Crippen LogP contribution is -2.34. The molecule has 0 spiro atoms. The number of nitrogens with zero attached hydrogens (tertiary/aromatic N) is 1. The Morgan fingerprint density at radius 2 is 2.27 bits per heavy atom. The van der Waals surface area contributed by atoms with Crippen molar-refractivity contribution in [3.63, 3.8) is 0 Å². The molecule has 0 bridgehead atoms. The van der Waals surface area contributed by atoms with Gasteiger partial charge < -0.3 is 15.0 Å². The van der Waals surface area contributed by atoms with Gasteiger partial charge in [-0.25, -0.2) is 0 Å². The third-order valence-electron chi connectivity index (χ3n) is 3.92. The maximum Gasteiger partial charge on any atom is 0.0613 e. The van der Waals surface area contributed by atoms with Gasteiger partial charge in [0.2, 0.25) is 0 Å². The first-order chi connectivity index (χ1) is 7.33. The monoisotopic (exact) mass is 212 g/mol. The van der Waals surface area contributed by atoms with Crippen molar-refractivity contribution in [1.82, 2.24) is 10.2 Å². The van der Waals surface area contributed by atoms with Crippen LogP contribution in [0.25, 0.3) is 0 Å². The molecule has 3 unspecified atom stereocenters. The molecule has 3 heteroatoms. The smallest absolute Gasteiger partial charge is 0.0613 e. The molecule has 3 nitrogen and oxygen atoms in total. The summed E-state index contributed by atoms with van der Waals surface area (Å²) in [5.74, 6) is 0.783. The van der Waals surface area contributed by atoms with Gasteiger partial charge in [-0.05, 0) is 38.8 Å². The molecule has 0 aromatic carbocycles. The molecule has 2 heterocycles. The van der Waals surface area contributed by atoms with Crippen molar-refractivity contribution >= 4 is 0 Å². The predicted octanol–water partition coefficient (Wildman–Crippen LogP) is 1.10. The minimum atomic E-state index is 0.527. The van der Waals surface area contributed by atoms with Crippen molar-refractivity contribution in [2.24, 2.45) is 5.92 Å². The van der Waals surface area contributed by atoms with Crippen LogP contribution < -0.4 is 5.32 Å². The molecule has 0 aromatic rings. The standard InChI is InChI=1S/C12H24N2O/c1-3-12-10(5-7-15-12)8-14-6-4-11(9-14)13-2/h10-13H,3-9H2,1-2H3. The van der Waals surface area contributed by atoms with Gasteiger partial charge in [0.1, 0.15) is 0 Å². The number of hydrogen-bond donors (Lipinski definition) is 1. The molecule has 0 aromatic heterocycles. The van der Waals surface area contributed by atoms with Crippen LogP contribution in [0, 0.1) is 5.92 Å². The largest absolute Gasteiger partial charge is 0.378 e. The van der Waals surface area contributed by atoms with E-state index in [0.29, 0.717) is 12.1 Å². The Bertz CT molecular complexity index is 198. The number of rotatable bonds is 4. The summed E-state index contributed by atoms with van der Waals surface area (Å²) in [5, 5.41) is 3.37. The Morgan fingerprint density at radius 1 is 1.40 bits per heavy atom. The topological polar surface area (TPSA) is 24.5 Å². The Labute approximate surface area is 93.2 Å². The second-order valence-electron chi connectivity index (χ2n) is 4.90. The number of likely N-dealkylation sites (tertiary alicyclic amines) is 1. The number of ether oxygens (including phenoxy) is 1. The highest BCUT2D eigenvalue weighted by atomic mass is 16.5. The van der Waals surface area contributed by atoms with Gasteiger partial charge in [-0.15, -0.1) is 0 Å². The number of nitrogens with one attached hydrogen (secondary N) is 1. The first-order valence-corrected chi connectivity index (χ1v) is 6.34. The van der Waals surface area contributed by atoms with E-state index in [4.69, 9.17) is 4.74 Å². The highest BCUT2D eigenvalue weighted by Gasteiger charge is 2.30. The van der Waals surface area contributed by atoms with Crippen LogP contribution in [-0.2, 0) is 4.74 Å². The Hall–Kier alpha value is -0.120. The summed E-state index contributed by atoms with van der Waals surface area (Å²) in [4.78, 5) is 2.60. The van der Waals surface area contributed by atoms with Gasteiger partial charge in [0.25, 0.3) is 0 Å². The van der Waals surface area contributed by atoms with Gasteiger partial charge in [-0.3, -0.25) is 0 Å². The summed E-state index contributed by atoms with van der Waals surface area (Å²) in [7, 11) is 2.07. The van der Waals surface area contributed by atoms with Gasteiger partial charge in [-0.2, -0.15) is 0 Å². The van der Waals surface area contributed by atoms with E-state index in [9.17, 15) is 0 Å².